The predicted molar refractivity (Wildman–Crippen MR) is 89.3 cm³/mol. The highest BCUT2D eigenvalue weighted by Crippen LogP contribution is 2.59. The highest BCUT2D eigenvalue weighted by atomic mass is 16.5. The molecule has 2 atom stereocenters. The molecule has 2 aliphatic rings. The Hall–Kier alpha value is -2.29. The molecule has 0 amide bonds. The maximum atomic E-state index is 12.8. The van der Waals surface area contributed by atoms with Crippen molar-refractivity contribution in [3.63, 3.8) is 0 Å². The van der Waals surface area contributed by atoms with Crippen molar-refractivity contribution in [2.75, 3.05) is 14.2 Å². The van der Waals surface area contributed by atoms with Gasteiger partial charge in [-0.15, -0.1) is 0 Å². The highest BCUT2D eigenvalue weighted by molar-refractivity contribution is 5.99. The average Bonchev–Trinajstić information content (AvgIpc) is 2.90. The van der Waals surface area contributed by atoms with Gasteiger partial charge in [0.25, 0.3) is 0 Å². The molecule has 0 bridgehead atoms. The predicted octanol–water partition coefficient (Wildman–Crippen LogP) is 4.09. The molecule has 2 aromatic carbocycles. The number of fused-ring (bicyclic) bond motifs is 6. The zero-order valence-electron chi connectivity index (χ0n) is 13.7. The molecule has 2 aliphatic carbocycles. The van der Waals surface area contributed by atoms with Crippen LogP contribution in [0.1, 0.15) is 36.8 Å². The third kappa shape index (κ3) is 1.73. The lowest BCUT2D eigenvalue weighted by Crippen LogP contribution is -2.36. The number of ketones is 1. The summed E-state index contributed by atoms with van der Waals surface area (Å²) in [5.41, 5.74) is 4.03. The molecule has 118 valence electrons. The Kier molecular flexibility index (Phi) is 3.02. The van der Waals surface area contributed by atoms with Gasteiger partial charge in [0.1, 0.15) is 17.3 Å². The molecular formula is C20H20O3. The van der Waals surface area contributed by atoms with Gasteiger partial charge in [-0.25, -0.2) is 0 Å². The Bertz CT molecular complexity index is 809. The van der Waals surface area contributed by atoms with Crippen molar-refractivity contribution in [3.8, 4) is 22.6 Å². The lowest BCUT2D eigenvalue weighted by molar-refractivity contribution is -0.122. The number of carbonyl (C=O) groups is 1. The summed E-state index contributed by atoms with van der Waals surface area (Å²) in [7, 11) is 3.31. The number of benzene rings is 2. The van der Waals surface area contributed by atoms with E-state index in [1.165, 1.54) is 11.1 Å². The fraction of sp³-hybridized carbons (Fsp3) is 0.350. The Morgan fingerprint density at radius 3 is 2.61 bits per heavy atom. The number of rotatable bonds is 2. The number of Topliss-reactive ketones (excluding diaryl/α,β-unsaturated/α-hetero) is 1. The summed E-state index contributed by atoms with van der Waals surface area (Å²) in [4.78, 5) is 12.8. The van der Waals surface area contributed by atoms with Crippen molar-refractivity contribution in [2.45, 2.75) is 31.1 Å². The topological polar surface area (TPSA) is 35.5 Å². The van der Waals surface area contributed by atoms with Gasteiger partial charge in [-0.2, -0.15) is 0 Å². The first-order valence-corrected chi connectivity index (χ1v) is 8.00. The molecule has 1 saturated carbocycles. The standard InChI is InChI=1S/C20H20O3/c1-20-16(8-9-18(20)21)14-7-5-4-6-13(14)15-10-12(22-2)11-17(23-3)19(15)20/h4-7,10-11,16H,8-9H2,1-3H3/t16-,20+/m0/s1. The minimum Gasteiger partial charge on any atom is -0.497 e. The molecule has 0 saturated heterocycles. The van der Waals surface area contributed by atoms with E-state index in [1.807, 2.05) is 18.2 Å². The lowest BCUT2D eigenvalue weighted by atomic mass is 9.63. The van der Waals surface area contributed by atoms with E-state index in [9.17, 15) is 4.79 Å². The minimum atomic E-state index is -0.513. The van der Waals surface area contributed by atoms with Crippen LogP contribution in [0.2, 0.25) is 0 Å². The van der Waals surface area contributed by atoms with Crippen molar-refractivity contribution in [2.24, 2.45) is 0 Å². The summed E-state index contributed by atoms with van der Waals surface area (Å²) < 4.78 is 11.1. The number of hydrogen-bond acceptors (Lipinski definition) is 3. The quantitative estimate of drug-likeness (QED) is 0.838. The van der Waals surface area contributed by atoms with E-state index in [2.05, 4.69) is 25.1 Å². The van der Waals surface area contributed by atoms with Crippen molar-refractivity contribution >= 4 is 5.78 Å². The van der Waals surface area contributed by atoms with Crippen LogP contribution >= 0.6 is 0 Å². The van der Waals surface area contributed by atoms with Gasteiger partial charge in [0.15, 0.2) is 0 Å². The molecule has 0 N–H and O–H groups in total. The van der Waals surface area contributed by atoms with Crippen LogP contribution in [0.15, 0.2) is 36.4 Å². The fourth-order valence-electron chi connectivity index (χ4n) is 4.46. The molecule has 0 radical (unpaired) electrons. The number of carbonyl (C=O) groups excluding carboxylic acids is 1. The Balaban J connectivity index is 2.12. The molecule has 0 unspecified atom stereocenters. The van der Waals surface area contributed by atoms with Crippen LogP contribution in [-0.2, 0) is 10.2 Å². The molecule has 0 aromatic heterocycles. The zero-order valence-corrected chi connectivity index (χ0v) is 13.7. The molecule has 1 fully saturated rings. The van der Waals surface area contributed by atoms with Crippen molar-refractivity contribution in [1.82, 2.24) is 0 Å². The van der Waals surface area contributed by atoms with E-state index in [-0.39, 0.29) is 5.92 Å². The van der Waals surface area contributed by atoms with Crippen LogP contribution in [0.3, 0.4) is 0 Å². The molecule has 3 heteroatoms. The van der Waals surface area contributed by atoms with E-state index < -0.39 is 5.41 Å². The summed E-state index contributed by atoms with van der Waals surface area (Å²) in [6.07, 6.45) is 1.53. The van der Waals surface area contributed by atoms with Crippen LogP contribution < -0.4 is 9.47 Å². The molecule has 4 rings (SSSR count). The first-order chi connectivity index (χ1) is 11.1. The van der Waals surface area contributed by atoms with Gasteiger partial charge in [0.05, 0.1) is 19.6 Å². The Morgan fingerprint density at radius 2 is 1.87 bits per heavy atom. The van der Waals surface area contributed by atoms with Gasteiger partial charge >= 0.3 is 0 Å². The largest absolute Gasteiger partial charge is 0.497 e. The number of methoxy groups -OCH3 is 2. The third-order valence-electron chi connectivity index (χ3n) is 5.61. The fourth-order valence-corrected chi connectivity index (χ4v) is 4.46. The molecule has 3 nitrogen and oxygen atoms in total. The van der Waals surface area contributed by atoms with E-state index in [1.54, 1.807) is 14.2 Å². The minimum absolute atomic E-state index is 0.223. The van der Waals surface area contributed by atoms with Gasteiger partial charge in [-0.05, 0) is 36.1 Å². The van der Waals surface area contributed by atoms with Crippen LogP contribution in [0.4, 0.5) is 0 Å². The number of ether oxygens (including phenoxy) is 2. The molecular weight excluding hydrogens is 288 g/mol. The molecule has 2 aromatic rings. The Labute approximate surface area is 136 Å². The average molecular weight is 308 g/mol. The van der Waals surface area contributed by atoms with Gasteiger partial charge in [-0.3, -0.25) is 4.79 Å². The van der Waals surface area contributed by atoms with Crippen LogP contribution in [0.5, 0.6) is 11.5 Å². The maximum Gasteiger partial charge on any atom is 0.143 e. The smallest absolute Gasteiger partial charge is 0.143 e. The van der Waals surface area contributed by atoms with E-state index >= 15 is 0 Å². The van der Waals surface area contributed by atoms with E-state index in [0.29, 0.717) is 12.2 Å². The monoisotopic (exact) mass is 308 g/mol. The third-order valence-corrected chi connectivity index (χ3v) is 5.61. The first-order valence-electron chi connectivity index (χ1n) is 8.00. The lowest BCUT2D eigenvalue weighted by Gasteiger charge is -2.39. The van der Waals surface area contributed by atoms with Gasteiger partial charge in [0, 0.05) is 24.0 Å². The van der Waals surface area contributed by atoms with E-state index in [0.717, 1.165) is 29.0 Å². The summed E-state index contributed by atoms with van der Waals surface area (Å²) in [6.45, 7) is 2.08. The van der Waals surface area contributed by atoms with Gasteiger partial charge in [-0.1, -0.05) is 24.3 Å². The molecule has 23 heavy (non-hydrogen) atoms. The second-order valence-electron chi connectivity index (χ2n) is 6.56. The highest BCUT2D eigenvalue weighted by Gasteiger charge is 2.53. The van der Waals surface area contributed by atoms with Crippen molar-refractivity contribution in [3.05, 3.63) is 47.5 Å². The zero-order chi connectivity index (χ0) is 16.2. The maximum absolute atomic E-state index is 12.8. The van der Waals surface area contributed by atoms with Crippen molar-refractivity contribution < 1.29 is 14.3 Å². The first kappa shape index (κ1) is 14.3. The molecule has 0 heterocycles. The second kappa shape index (κ2) is 4.85. The molecule has 0 aliphatic heterocycles. The second-order valence-corrected chi connectivity index (χ2v) is 6.56. The summed E-state index contributed by atoms with van der Waals surface area (Å²) in [5.74, 6) is 2.03. The normalized spacial score (nSPS) is 24.7. The molecule has 0 spiro atoms. The van der Waals surface area contributed by atoms with Crippen LogP contribution in [-0.4, -0.2) is 20.0 Å². The van der Waals surface area contributed by atoms with Crippen LogP contribution in [0.25, 0.3) is 11.1 Å². The Morgan fingerprint density at radius 1 is 1.09 bits per heavy atom. The summed E-state index contributed by atoms with van der Waals surface area (Å²) >= 11 is 0. The SMILES string of the molecule is COc1cc(OC)c2c(c1)-c1ccccc1[C@@H]1CCC(=O)[C@]21C. The summed E-state index contributed by atoms with van der Waals surface area (Å²) in [5, 5.41) is 0. The number of hydrogen-bond donors (Lipinski definition) is 0. The summed E-state index contributed by atoms with van der Waals surface area (Å²) in [6, 6.07) is 12.3. The van der Waals surface area contributed by atoms with Crippen molar-refractivity contribution in [1.29, 1.82) is 0 Å². The van der Waals surface area contributed by atoms with Gasteiger partial charge < -0.3 is 9.47 Å². The van der Waals surface area contributed by atoms with E-state index in [4.69, 9.17) is 9.47 Å². The van der Waals surface area contributed by atoms with Crippen LogP contribution in [0, 0.1) is 0 Å². The van der Waals surface area contributed by atoms with Gasteiger partial charge in [0.2, 0.25) is 0 Å².